The lowest BCUT2D eigenvalue weighted by Gasteiger charge is -2.15. The number of nitrogens with zero attached hydrogens (tertiary/aromatic N) is 2. The first-order valence-electron chi connectivity index (χ1n) is 11.0. The molecule has 0 amide bonds. The first-order valence-corrected chi connectivity index (χ1v) is 11.0. The number of aromatic hydroxyl groups is 1. The fraction of sp³-hybridized carbons (Fsp3) is 0.185. The number of hydrogen-bond acceptors (Lipinski definition) is 5. The summed E-state index contributed by atoms with van der Waals surface area (Å²) in [4.78, 5) is 19.6. The standard InChI is InChI=1S/C25H22N2O3.C2HF3O2/c1-25(2)21-10-6-7-11-22(21)26(24(25)15-12-18-8-4-3-5-9-18)17-19-16-20(27(29)30)13-14-23(19)28;3-2(4,5)1(6)7/h3-16H,17H2,1-2H3;(H,6,7)/b15-12+;. The summed E-state index contributed by atoms with van der Waals surface area (Å²) in [6.07, 6.45) is -1.02. The van der Waals surface area contributed by atoms with Crippen LogP contribution >= 0.6 is 0 Å². The number of benzene rings is 3. The molecule has 0 spiro atoms. The van der Waals surface area contributed by atoms with E-state index < -0.39 is 17.1 Å². The van der Waals surface area contributed by atoms with Crippen LogP contribution in [0.15, 0.2) is 78.9 Å². The van der Waals surface area contributed by atoms with Gasteiger partial charge in [0.2, 0.25) is 5.69 Å². The highest BCUT2D eigenvalue weighted by Crippen LogP contribution is 2.41. The molecule has 10 heteroatoms. The van der Waals surface area contributed by atoms with Crippen LogP contribution in [0.2, 0.25) is 0 Å². The molecule has 0 bridgehead atoms. The Bertz CT molecular complexity index is 1380. The fourth-order valence-corrected chi connectivity index (χ4v) is 4.03. The largest absolute Gasteiger partial charge is 0.542 e. The molecule has 1 heterocycles. The van der Waals surface area contributed by atoms with E-state index in [0.717, 1.165) is 17.0 Å². The molecule has 0 fully saturated rings. The van der Waals surface area contributed by atoms with Crippen molar-refractivity contribution in [2.45, 2.75) is 32.0 Å². The average Bonchev–Trinajstić information content (AvgIpc) is 3.05. The van der Waals surface area contributed by atoms with Crippen LogP contribution in [-0.4, -0.2) is 32.5 Å². The van der Waals surface area contributed by atoms with E-state index in [1.54, 1.807) is 0 Å². The van der Waals surface area contributed by atoms with Crippen LogP contribution < -0.4 is 5.11 Å². The molecular weight excluding hydrogens is 489 g/mol. The number of carbonyl (C=O) groups excluding carboxylic acids is 1. The summed E-state index contributed by atoms with van der Waals surface area (Å²) in [7, 11) is 0. The van der Waals surface area contributed by atoms with Crippen LogP contribution in [0.4, 0.5) is 24.5 Å². The number of fused-ring (bicyclic) bond motifs is 1. The minimum Gasteiger partial charge on any atom is -0.542 e. The summed E-state index contributed by atoms with van der Waals surface area (Å²) in [6.45, 7) is 4.68. The van der Waals surface area contributed by atoms with Crippen LogP contribution in [0.1, 0.15) is 30.5 Å². The van der Waals surface area contributed by atoms with Crippen molar-refractivity contribution in [3.8, 4) is 5.75 Å². The second-order valence-electron chi connectivity index (χ2n) is 8.71. The van der Waals surface area contributed by atoms with Gasteiger partial charge < -0.3 is 15.0 Å². The first kappa shape index (κ1) is 27.1. The second-order valence-corrected chi connectivity index (χ2v) is 8.71. The maximum Gasteiger partial charge on any atom is 0.430 e. The number of halogens is 3. The molecule has 4 rings (SSSR count). The number of aliphatic carboxylic acids is 1. The number of para-hydroxylation sites is 1. The number of nitro benzene ring substituents is 1. The molecule has 1 N–H and O–H groups in total. The van der Waals surface area contributed by atoms with Gasteiger partial charge in [0.15, 0.2) is 12.3 Å². The number of rotatable bonds is 5. The molecule has 1 aliphatic heterocycles. The molecule has 0 radical (unpaired) electrons. The van der Waals surface area contributed by atoms with E-state index in [2.05, 4.69) is 42.7 Å². The number of alkyl halides is 3. The third-order valence-corrected chi connectivity index (χ3v) is 5.87. The van der Waals surface area contributed by atoms with Gasteiger partial charge in [-0.2, -0.15) is 17.7 Å². The number of phenols is 1. The Balaban J connectivity index is 0.000000479. The summed E-state index contributed by atoms with van der Waals surface area (Å²) < 4.78 is 33.7. The number of allylic oxidation sites excluding steroid dienone is 1. The van der Waals surface area contributed by atoms with Crippen molar-refractivity contribution in [1.29, 1.82) is 0 Å². The van der Waals surface area contributed by atoms with Crippen LogP contribution in [0.25, 0.3) is 6.08 Å². The Morgan fingerprint density at radius 1 is 1.03 bits per heavy atom. The molecule has 3 aromatic rings. The molecule has 0 atom stereocenters. The van der Waals surface area contributed by atoms with E-state index in [4.69, 9.17) is 9.90 Å². The van der Waals surface area contributed by atoms with Gasteiger partial charge in [0.25, 0.3) is 5.69 Å². The smallest absolute Gasteiger partial charge is 0.430 e. The summed E-state index contributed by atoms with van der Waals surface area (Å²) in [6, 6.07) is 22.4. The van der Waals surface area contributed by atoms with Crippen molar-refractivity contribution in [3.63, 3.8) is 0 Å². The summed E-state index contributed by atoms with van der Waals surface area (Å²) in [5, 5.41) is 30.4. The van der Waals surface area contributed by atoms with E-state index in [9.17, 15) is 28.4 Å². The van der Waals surface area contributed by atoms with Crippen molar-refractivity contribution >= 4 is 29.1 Å². The third kappa shape index (κ3) is 6.21. The molecule has 0 saturated heterocycles. The number of carboxylic acid groups (broad SMARTS) is 1. The van der Waals surface area contributed by atoms with Gasteiger partial charge in [-0.05, 0) is 31.6 Å². The van der Waals surface area contributed by atoms with Crippen molar-refractivity contribution in [2.75, 3.05) is 0 Å². The van der Waals surface area contributed by atoms with Gasteiger partial charge in [0, 0.05) is 29.8 Å². The molecule has 0 aliphatic carbocycles. The molecule has 1 aliphatic rings. The highest BCUT2D eigenvalue weighted by Gasteiger charge is 2.44. The van der Waals surface area contributed by atoms with E-state index in [0.29, 0.717) is 12.1 Å². The molecular formula is C27H23F3N2O5. The number of nitro groups is 1. The van der Waals surface area contributed by atoms with Gasteiger partial charge in [-0.1, -0.05) is 48.5 Å². The molecule has 3 aromatic carbocycles. The summed E-state index contributed by atoms with van der Waals surface area (Å²) in [5.41, 5.74) is 4.62. The normalized spacial score (nSPS) is 14.2. The molecule has 7 nitrogen and oxygen atoms in total. The van der Waals surface area contributed by atoms with Crippen molar-refractivity contribution < 1.29 is 37.7 Å². The maximum absolute atomic E-state index is 11.2. The lowest BCUT2D eigenvalue weighted by atomic mass is 9.81. The second kappa shape index (κ2) is 10.7. The van der Waals surface area contributed by atoms with Gasteiger partial charge in [0.05, 0.1) is 15.9 Å². The van der Waals surface area contributed by atoms with Gasteiger partial charge in [-0.3, -0.25) is 10.1 Å². The monoisotopic (exact) mass is 512 g/mol. The minimum atomic E-state index is -5.19. The zero-order chi connectivity index (χ0) is 27.4. The summed E-state index contributed by atoms with van der Waals surface area (Å²) in [5.74, 6) is -2.96. The van der Waals surface area contributed by atoms with Crippen molar-refractivity contribution in [3.05, 3.63) is 106 Å². The van der Waals surface area contributed by atoms with Crippen molar-refractivity contribution in [2.24, 2.45) is 0 Å². The van der Waals surface area contributed by atoms with E-state index in [1.165, 1.54) is 23.8 Å². The van der Waals surface area contributed by atoms with Gasteiger partial charge >= 0.3 is 6.18 Å². The summed E-state index contributed by atoms with van der Waals surface area (Å²) >= 11 is 0. The molecule has 192 valence electrons. The predicted molar refractivity (Wildman–Crippen MR) is 129 cm³/mol. The van der Waals surface area contributed by atoms with Gasteiger partial charge in [-0.25, -0.2) is 0 Å². The van der Waals surface area contributed by atoms with Gasteiger partial charge in [0.1, 0.15) is 11.7 Å². The van der Waals surface area contributed by atoms with Gasteiger partial charge in [-0.15, -0.1) is 0 Å². The van der Waals surface area contributed by atoms with E-state index in [1.807, 2.05) is 42.5 Å². The predicted octanol–water partition coefficient (Wildman–Crippen LogP) is 4.89. The quantitative estimate of drug-likeness (QED) is 0.298. The Labute approximate surface area is 210 Å². The van der Waals surface area contributed by atoms with Crippen LogP contribution in [0.5, 0.6) is 5.75 Å². The number of carbonyl (C=O) groups is 1. The molecule has 0 aromatic heterocycles. The van der Waals surface area contributed by atoms with E-state index >= 15 is 0 Å². The average molecular weight is 512 g/mol. The van der Waals surface area contributed by atoms with Crippen LogP contribution in [-0.2, 0) is 16.8 Å². The number of carboxylic acids is 1. The topological polar surface area (TPSA) is 107 Å². The maximum atomic E-state index is 11.2. The van der Waals surface area contributed by atoms with Crippen LogP contribution in [0, 0.1) is 10.1 Å². The Hall–Kier alpha value is -4.47. The zero-order valence-electron chi connectivity index (χ0n) is 19.9. The van der Waals surface area contributed by atoms with Crippen molar-refractivity contribution in [1.82, 2.24) is 0 Å². The molecule has 0 saturated carbocycles. The zero-order valence-corrected chi connectivity index (χ0v) is 19.9. The van der Waals surface area contributed by atoms with E-state index in [-0.39, 0.29) is 16.9 Å². The molecule has 37 heavy (non-hydrogen) atoms. The van der Waals surface area contributed by atoms with Crippen LogP contribution in [0.3, 0.4) is 0 Å². The number of non-ortho nitro benzene ring substituents is 1. The Morgan fingerprint density at radius 2 is 1.62 bits per heavy atom. The third-order valence-electron chi connectivity index (χ3n) is 5.87. The Morgan fingerprint density at radius 3 is 2.22 bits per heavy atom. The lowest BCUT2D eigenvalue weighted by Crippen LogP contribution is -2.37. The highest BCUT2D eigenvalue weighted by molar-refractivity contribution is 6.05. The Kier molecular flexibility index (Phi) is 7.81. The number of hydrogen-bond donors (Lipinski definition) is 1. The highest BCUT2D eigenvalue weighted by atomic mass is 19.4. The SMILES string of the molecule is CC1(C)C(/C=C/c2ccccc2)=[N+](Cc2cc([N+](=O)[O-])ccc2O)c2ccccc21.O=C([O-])C(F)(F)F. The lowest BCUT2D eigenvalue weighted by molar-refractivity contribution is -0.455. The first-order chi connectivity index (χ1) is 17.3. The fourth-order valence-electron chi connectivity index (χ4n) is 4.03. The minimum absolute atomic E-state index is 0.0316. The number of phenolic OH excluding ortho intramolecular Hbond substituents is 1. The molecule has 0 unspecified atom stereocenters.